The second-order valence-corrected chi connectivity index (χ2v) is 1.27. The second kappa shape index (κ2) is 5.80. The quantitative estimate of drug-likeness (QED) is 0.428. The molecular weight excluding hydrogens is 136 g/mol. The highest BCUT2D eigenvalue weighted by Gasteiger charge is 1.71. The Kier molecular flexibility index (Phi) is 6.65. The number of hydrogen-bond donors (Lipinski definition) is 0. The third-order valence-corrected chi connectivity index (χ3v) is 0.665. The molecule has 0 amide bonds. The standard InChI is InChI=1S/C5H4N2O.2H2O/c8-5-2-1-3-6-7-4-5;;/h1-4H;2*1H2. The van der Waals surface area contributed by atoms with Crippen molar-refractivity contribution in [3.8, 4) is 0 Å². The van der Waals surface area contributed by atoms with Gasteiger partial charge in [-0.15, -0.1) is 0 Å². The second-order valence-electron chi connectivity index (χ2n) is 1.27. The van der Waals surface area contributed by atoms with Crippen molar-refractivity contribution in [3.05, 3.63) is 34.7 Å². The van der Waals surface area contributed by atoms with Crippen molar-refractivity contribution >= 4 is 0 Å². The topological polar surface area (TPSA) is 106 Å². The molecule has 0 saturated carbocycles. The maximum absolute atomic E-state index is 10.4. The third-order valence-electron chi connectivity index (χ3n) is 0.665. The fourth-order valence-electron chi connectivity index (χ4n) is 0.348. The lowest BCUT2D eigenvalue weighted by Crippen LogP contribution is -1.90. The van der Waals surface area contributed by atoms with Crippen molar-refractivity contribution in [2.45, 2.75) is 0 Å². The molecule has 4 N–H and O–H groups in total. The van der Waals surface area contributed by atoms with Gasteiger partial charge in [-0.3, -0.25) is 4.79 Å². The van der Waals surface area contributed by atoms with Gasteiger partial charge in [-0.25, -0.2) is 0 Å². The summed E-state index contributed by atoms with van der Waals surface area (Å²) in [5, 5.41) is 6.84. The molecule has 1 rings (SSSR count). The van der Waals surface area contributed by atoms with E-state index in [2.05, 4.69) is 10.2 Å². The van der Waals surface area contributed by atoms with E-state index in [1.54, 1.807) is 6.07 Å². The van der Waals surface area contributed by atoms with Crippen LogP contribution in [0, 0.1) is 0 Å². The molecule has 0 bridgehead atoms. The average Bonchev–Trinajstić information content (AvgIpc) is 1.94. The average molecular weight is 144 g/mol. The minimum atomic E-state index is -0.123. The van der Waals surface area contributed by atoms with Crippen LogP contribution >= 0.6 is 0 Å². The first-order chi connectivity index (χ1) is 3.89. The fourth-order valence-corrected chi connectivity index (χ4v) is 0.348. The normalized spacial score (nSPS) is 6.80. The van der Waals surface area contributed by atoms with Gasteiger partial charge in [-0.2, -0.15) is 10.2 Å². The SMILES string of the molecule is O.O.O=c1cccnnc1. The predicted octanol–water partition coefficient (Wildman–Crippen LogP) is -1.81. The Morgan fingerprint density at radius 3 is 2.60 bits per heavy atom. The largest absolute Gasteiger partial charge is 0.412 e. The van der Waals surface area contributed by atoms with Crippen LogP contribution < -0.4 is 5.43 Å². The first kappa shape index (κ1) is 11.5. The minimum absolute atomic E-state index is 0. The summed E-state index contributed by atoms with van der Waals surface area (Å²) in [4.78, 5) is 10.4. The van der Waals surface area contributed by atoms with Crippen molar-refractivity contribution in [1.82, 2.24) is 10.2 Å². The van der Waals surface area contributed by atoms with Crippen LogP contribution in [0.5, 0.6) is 0 Å². The molecule has 0 aliphatic heterocycles. The highest BCUT2D eigenvalue weighted by molar-refractivity contribution is 4.86. The Hall–Kier alpha value is -1.33. The van der Waals surface area contributed by atoms with E-state index in [0.717, 1.165) is 0 Å². The molecule has 1 aromatic rings. The molecule has 1 aromatic heterocycles. The van der Waals surface area contributed by atoms with Crippen molar-refractivity contribution in [3.63, 3.8) is 0 Å². The van der Waals surface area contributed by atoms with Crippen LogP contribution in [0.1, 0.15) is 0 Å². The van der Waals surface area contributed by atoms with E-state index in [1.807, 2.05) is 0 Å². The van der Waals surface area contributed by atoms with Crippen LogP contribution in [-0.4, -0.2) is 21.1 Å². The van der Waals surface area contributed by atoms with Crippen LogP contribution in [0.15, 0.2) is 29.3 Å². The van der Waals surface area contributed by atoms with E-state index in [9.17, 15) is 4.79 Å². The summed E-state index contributed by atoms with van der Waals surface area (Å²) < 4.78 is 0. The van der Waals surface area contributed by atoms with Crippen molar-refractivity contribution in [2.24, 2.45) is 0 Å². The molecular formula is C5H8N2O3. The van der Waals surface area contributed by atoms with Crippen LogP contribution in [0.25, 0.3) is 0 Å². The third kappa shape index (κ3) is 3.65. The Balaban J connectivity index is 0. The first-order valence-corrected chi connectivity index (χ1v) is 2.16. The summed E-state index contributed by atoms with van der Waals surface area (Å²) in [6.07, 6.45) is 2.63. The number of hydrogen-bond acceptors (Lipinski definition) is 3. The summed E-state index contributed by atoms with van der Waals surface area (Å²) in [6.45, 7) is 0. The maximum Gasteiger partial charge on any atom is 0.198 e. The zero-order valence-corrected chi connectivity index (χ0v) is 5.11. The van der Waals surface area contributed by atoms with E-state index >= 15 is 0 Å². The van der Waals surface area contributed by atoms with E-state index in [-0.39, 0.29) is 16.4 Å². The van der Waals surface area contributed by atoms with Crippen LogP contribution in [-0.2, 0) is 0 Å². The summed E-state index contributed by atoms with van der Waals surface area (Å²) in [7, 11) is 0. The highest BCUT2D eigenvalue weighted by Crippen LogP contribution is 1.62. The van der Waals surface area contributed by atoms with Crippen LogP contribution in [0.4, 0.5) is 0 Å². The van der Waals surface area contributed by atoms with E-state index in [4.69, 9.17) is 0 Å². The number of aromatic nitrogens is 2. The van der Waals surface area contributed by atoms with Crippen molar-refractivity contribution in [1.29, 1.82) is 0 Å². The summed E-state index contributed by atoms with van der Waals surface area (Å²) in [6, 6.07) is 2.95. The van der Waals surface area contributed by atoms with Crippen LogP contribution in [0.3, 0.4) is 0 Å². The number of nitrogens with zero attached hydrogens (tertiary/aromatic N) is 2. The smallest absolute Gasteiger partial charge is 0.198 e. The van der Waals surface area contributed by atoms with Crippen LogP contribution in [0.2, 0.25) is 0 Å². The zero-order valence-electron chi connectivity index (χ0n) is 5.11. The van der Waals surface area contributed by atoms with Gasteiger partial charge in [0.1, 0.15) is 0 Å². The van der Waals surface area contributed by atoms with Gasteiger partial charge in [-0.05, 0) is 12.1 Å². The van der Waals surface area contributed by atoms with Crippen molar-refractivity contribution in [2.75, 3.05) is 0 Å². The van der Waals surface area contributed by atoms with Gasteiger partial charge in [0.15, 0.2) is 5.43 Å². The van der Waals surface area contributed by atoms with E-state index in [1.165, 1.54) is 18.5 Å². The number of rotatable bonds is 0. The fraction of sp³-hybridized carbons (Fsp3) is 0. The Labute approximate surface area is 57.0 Å². The van der Waals surface area contributed by atoms with Gasteiger partial charge in [0, 0.05) is 6.20 Å². The lowest BCUT2D eigenvalue weighted by Gasteiger charge is -1.55. The molecule has 0 atom stereocenters. The molecule has 0 aliphatic rings. The molecule has 1 heterocycles. The van der Waals surface area contributed by atoms with Gasteiger partial charge < -0.3 is 11.0 Å². The van der Waals surface area contributed by atoms with E-state index in [0.29, 0.717) is 0 Å². The Morgan fingerprint density at radius 2 is 1.90 bits per heavy atom. The Morgan fingerprint density at radius 1 is 1.20 bits per heavy atom. The van der Waals surface area contributed by atoms with Gasteiger partial charge in [0.05, 0.1) is 6.20 Å². The molecule has 0 radical (unpaired) electrons. The van der Waals surface area contributed by atoms with Crippen molar-refractivity contribution < 1.29 is 11.0 Å². The molecule has 5 heteroatoms. The molecule has 56 valence electrons. The monoisotopic (exact) mass is 144 g/mol. The zero-order chi connectivity index (χ0) is 5.82. The lowest BCUT2D eigenvalue weighted by atomic mass is 10.5. The summed E-state index contributed by atoms with van der Waals surface area (Å²) in [5.74, 6) is 0. The molecule has 0 spiro atoms. The molecule has 10 heavy (non-hydrogen) atoms. The Bertz CT molecular complexity index is 206. The predicted molar refractivity (Wildman–Crippen MR) is 35.5 cm³/mol. The summed E-state index contributed by atoms with van der Waals surface area (Å²) in [5.41, 5.74) is -0.123. The molecule has 0 unspecified atom stereocenters. The van der Waals surface area contributed by atoms with Gasteiger partial charge >= 0.3 is 0 Å². The summed E-state index contributed by atoms with van der Waals surface area (Å²) >= 11 is 0. The maximum atomic E-state index is 10.4. The first-order valence-electron chi connectivity index (χ1n) is 2.16. The highest BCUT2D eigenvalue weighted by atomic mass is 16.1. The van der Waals surface area contributed by atoms with Gasteiger partial charge in [0.2, 0.25) is 0 Å². The molecule has 0 aromatic carbocycles. The molecule has 0 saturated heterocycles. The minimum Gasteiger partial charge on any atom is -0.412 e. The molecule has 5 nitrogen and oxygen atoms in total. The lowest BCUT2D eigenvalue weighted by molar-refractivity contribution is 0.823. The van der Waals surface area contributed by atoms with Gasteiger partial charge in [-0.1, -0.05) is 0 Å². The molecule has 0 aliphatic carbocycles. The van der Waals surface area contributed by atoms with Gasteiger partial charge in [0.25, 0.3) is 0 Å². The van der Waals surface area contributed by atoms with E-state index < -0.39 is 0 Å². The molecule has 0 fully saturated rings.